The average molecular weight is 292 g/mol. The normalized spacial score (nSPS) is 11.0. The molecule has 0 spiro atoms. The Morgan fingerprint density at radius 1 is 1.14 bits per heavy atom. The first-order valence-electron chi connectivity index (χ1n) is 7.69. The standard InChI is InChI=1S/C17H28N2O2/c1-13(2)9-10-18-17(20)12-21-16-7-5-15(6-8-16)11-19-14(3)4/h5-8,13-14,19H,9-12H2,1-4H3,(H,18,20). The van der Waals surface area contributed by atoms with Gasteiger partial charge in [-0.15, -0.1) is 0 Å². The molecule has 4 nitrogen and oxygen atoms in total. The summed E-state index contributed by atoms with van der Waals surface area (Å²) < 4.78 is 5.47. The summed E-state index contributed by atoms with van der Waals surface area (Å²) in [5.74, 6) is 1.25. The first-order valence-corrected chi connectivity index (χ1v) is 7.69. The zero-order valence-corrected chi connectivity index (χ0v) is 13.6. The van der Waals surface area contributed by atoms with Crippen LogP contribution in [-0.4, -0.2) is 25.1 Å². The Bertz CT molecular complexity index is 413. The van der Waals surface area contributed by atoms with Gasteiger partial charge in [-0.3, -0.25) is 4.79 Å². The van der Waals surface area contributed by atoms with Gasteiger partial charge in [0.15, 0.2) is 6.61 Å². The van der Waals surface area contributed by atoms with E-state index in [1.807, 2.05) is 24.3 Å². The number of hydrogen-bond acceptors (Lipinski definition) is 3. The van der Waals surface area contributed by atoms with Crippen molar-refractivity contribution in [1.82, 2.24) is 10.6 Å². The molecule has 0 aromatic heterocycles. The van der Waals surface area contributed by atoms with Gasteiger partial charge >= 0.3 is 0 Å². The maximum atomic E-state index is 11.6. The van der Waals surface area contributed by atoms with Crippen LogP contribution in [0, 0.1) is 5.92 Å². The largest absolute Gasteiger partial charge is 0.484 e. The molecule has 118 valence electrons. The molecule has 0 aliphatic rings. The van der Waals surface area contributed by atoms with E-state index in [-0.39, 0.29) is 12.5 Å². The SMILES string of the molecule is CC(C)CCNC(=O)COc1ccc(CNC(C)C)cc1. The van der Waals surface area contributed by atoms with Crippen molar-refractivity contribution >= 4 is 5.91 Å². The van der Waals surface area contributed by atoms with Crippen molar-refractivity contribution in [3.8, 4) is 5.75 Å². The number of nitrogens with one attached hydrogen (secondary N) is 2. The van der Waals surface area contributed by atoms with Crippen molar-refractivity contribution in [2.75, 3.05) is 13.2 Å². The molecule has 0 fully saturated rings. The molecular formula is C17H28N2O2. The number of rotatable bonds is 9. The zero-order valence-electron chi connectivity index (χ0n) is 13.6. The lowest BCUT2D eigenvalue weighted by Crippen LogP contribution is -2.30. The van der Waals surface area contributed by atoms with Gasteiger partial charge in [0.25, 0.3) is 5.91 Å². The van der Waals surface area contributed by atoms with Gasteiger partial charge in [0, 0.05) is 19.1 Å². The summed E-state index contributed by atoms with van der Waals surface area (Å²) in [5, 5.41) is 6.21. The van der Waals surface area contributed by atoms with Gasteiger partial charge in [-0.2, -0.15) is 0 Å². The van der Waals surface area contributed by atoms with Crippen LogP contribution >= 0.6 is 0 Å². The molecule has 0 aliphatic heterocycles. The van der Waals surface area contributed by atoms with E-state index in [4.69, 9.17) is 4.74 Å². The number of ether oxygens (including phenoxy) is 1. The fraction of sp³-hybridized carbons (Fsp3) is 0.588. The van der Waals surface area contributed by atoms with Crippen LogP contribution in [0.3, 0.4) is 0 Å². The van der Waals surface area contributed by atoms with Gasteiger partial charge in [0.2, 0.25) is 0 Å². The third-order valence-electron chi connectivity index (χ3n) is 3.05. The Kier molecular flexibility index (Phi) is 7.83. The van der Waals surface area contributed by atoms with Crippen LogP contribution in [0.25, 0.3) is 0 Å². The second-order valence-corrected chi connectivity index (χ2v) is 6.00. The van der Waals surface area contributed by atoms with Gasteiger partial charge in [-0.1, -0.05) is 39.8 Å². The lowest BCUT2D eigenvalue weighted by atomic mass is 10.1. The van der Waals surface area contributed by atoms with E-state index in [1.165, 1.54) is 5.56 Å². The molecule has 4 heteroatoms. The molecule has 1 aromatic carbocycles. The van der Waals surface area contributed by atoms with E-state index in [1.54, 1.807) is 0 Å². The minimum absolute atomic E-state index is 0.0683. The third kappa shape index (κ3) is 8.35. The van der Waals surface area contributed by atoms with Gasteiger partial charge in [-0.05, 0) is 30.0 Å². The Balaban J connectivity index is 2.27. The Hall–Kier alpha value is -1.55. The molecular weight excluding hydrogens is 264 g/mol. The van der Waals surface area contributed by atoms with Crippen molar-refractivity contribution in [3.63, 3.8) is 0 Å². The fourth-order valence-electron chi connectivity index (χ4n) is 1.73. The predicted molar refractivity (Wildman–Crippen MR) is 86.4 cm³/mol. The molecule has 0 unspecified atom stereocenters. The van der Waals surface area contributed by atoms with Crippen LogP contribution in [0.15, 0.2) is 24.3 Å². The highest BCUT2D eigenvalue weighted by Crippen LogP contribution is 2.12. The lowest BCUT2D eigenvalue weighted by molar-refractivity contribution is -0.123. The van der Waals surface area contributed by atoms with E-state index in [0.29, 0.717) is 18.5 Å². The molecule has 1 aromatic rings. The number of carbonyl (C=O) groups is 1. The summed E-state index contributed by atoms with van der Waals surface area (Å²) in [4.78, 5) is 11.6. The minimum atomic E-state index is -0.0683. The van der Waals surface area contributed by atoms with E-state index < -0.39 is 0 Å². The minimum Gasteiger partial charge on any atom is -0.484 e. The number of hydrogen-bond donors (Lipinski definition) is 2. The summed E-state index contributed by atoms with van der Waals surface area (Å²) in [6.07, 6.45) is 0.989. The van der Waals surface area contributed by atoms with Crippen molar-refractivity contribution in [2.45, 2.75) is 46.7 Å². The predicted octanol–water partition coefficient (Wildman–Crippen LogP) is 2.73. The summed E-state index contributed by atoms with van der Waals surface area (Å²) in [7, 11) is 0. The molecule has 0 bridgehead atoms. The van der Waals surface area contributed by atoms with Crippen LogP contribution < -0.4 is 15.4 Å². The maximum absolute atomic E-state index is 11.6. The fourth-order valence-corrected chi connectivity index (χ4v) is 1.73. The number of benzene rings is 1. The number of amides is 1. The molecule has 0 aliphatic carbocycles. The maximum Gasteiger partial charge on any atom is 0.257 e. The lowest BCUT2D eigenvalue weighted by Gasteiger charge is -2.10. The van der Waals surface area contributed by atoms with Crippen LogP contribution in [0.4, 0.5) is 0 Å². The van der Waals surface area contributed by atoms with Crippen molar-refractivity contribution < 1.29 is 9.53 Å². The van der Waals surface area contributed by atoms with Crippen LogP contribution in [0.2, 0.25) is 0 Å². The molecule has 0 saturated heterocycles. The topological polar surface area (TPSA) is 50.4 Å². The van der Waals surface area contributed by atoms with E-state index >= 15 is 0 Å². The van der Waals surface area contributed by atoms with Crippen molar-refractivity contribution in [3.05, 3.63) is 29.8 Å². The van der Waals surface area contributed by atoms with Crippen LogP contribution in [0.5, 0.6) is 5.75 Å². The summed E-state index contributed by atoms with van der Waals surface area (Å²) in [5.41, 5.74) is 1.21. The van der Waals surface area contributed by atoms with Gasteiger partial charge in [-0.25, -0.2) is 0 Å². The highest BCUT2D eigenvalue weighted by atomic mass is 16.5. The second kappa shape index (κ2) is 9.40. The zero-order chi connectivity index (χ0) is 15.7. The molecule has 2 N–H and O–H groups in total. The Morgan fingerprint density at radius 3 is 2.38 bits per heavy atom. The molecule has 1 amide bonds. The van der Waals surface area contributed by atoms with Gasteiger partial charge in [0.05, 0.1) is 0 Å². The molecule has 0 heterocycles. The van der Waals surface area contributed by atoms with Gasteiger partial charge in [0.1, 0.15) is 5.75 Å². The van der Waals surface area contributed by atoms with Crippen LogP contribution in [0.1, 0.15) is 39.7 Å². The first-order chi connectivity index (χ1) is 9.97. The summed E-state index contributed by atoms with van der Waals surface area (Å²) >= 11 is 0. The molecule has 0 radical (unpaired) electrons. The van der Waals surface area contributed by atoms with Crippen molar-refractivity contribution in [2.24, 2.45) is 5.92 Å². The Labute approximate surface area is 128 Å². The Morgan fingerprint density at radius 2 is 1.81 bits per heavy atom. The highest BCUT2D eigenvalue weighted by molar-refractivity contribution is 5.77. The molecule has 21 heavy (non-hydrogen) atoms. The third-order valence-corrected chi connectivity index (χ3v) is 3.05. The highest BCUT2D eigenvalue weighted by Gasteiger charge is 2.03. The van der Waals surface area contributed by atoms with E-state index in [2.05, 4.69) is 38.3 Å². The van der Waals surface area contributed by atoms with Crippen molar-refractivity contribution in [1.29, 1.82) is 0 Å². The average Bonchev–Trinajstić information content (AvgIpc) is 2.43. The van der Waals surface area contributed by atoms with E-state index in [0.717, 1.165) is 18.7 Å². The number of carbonyl (C=O) groups excluding carboxylic acids is 1. The van der Waals surface area contributed by atoms with Crippen LogP contribution in [-0.2, 0) is 11.3 Å². The summed E-state index contributed by atoms with van der Waals surface area (Å²) in [6, 6.07) is 8.30. The first kappa shape index (κ1) is 17.5. The van der Waals surface area contributed by atoms with E-state index in [9.17, 15) is 4.79 Å². The smallest absolute Gasteiger partial charge is 0.257 e. The monoisotopic (exact) mass is 292 g/mol. The van der Waals surface area contributed by atoms with Gasteiger partial charge < -0.3 is 15.4 Å². The second-order valence-electron chi connectivity index (χ2n) is 6.00. The molecule has 0 atom stereocenters. The molecule has 0 saturated carbocycles. The summed E-state index contributed by atoms with van der Waals surface area (Å²) in [6.45, 7) is 10.1. The molecule has 1 rings (SSSR count). The quantitative estimate of drug-likeness (QED) is 0.736.